The molecule has 1 aromatic carbocycles. The van der Waals surface area contributed by atoms with E-state index in [4.69, 9.17) is 0 Å². The number of aryl methyl sites for hydroxylation is 2. The van der Waals surface area contributed by atoms with Crippen LogP contribution in [0.15, 0.2) is 35.5 Å². The SMILES string of the molecule is CCCn1cc(S(=O)(=O)Nc2ccccc2O)nc1C. The Hall–Kier alpha value is -2.02. The number of anilines is 1. The van der Waals surface area contributed by atoms with E-state index in [-0.39, 0.29) is 16.5 Å². The minimum Gasteiger partial charge on any atom is -0.506 e. The summed E-state index contributed by atoms with van der Waals surface area (Å²) >= 11 is 0. The van der Waals surface area contributed by atoms with E-state index in [9.17, 15) is 13.5 Å². The van der Waals surface area contributed by atoms with Gasteiger partial charge in [-0.2, -0.15) is 8.42 Å². The number of nitrogens with one attached hydrogen (secondary N) is 1. The van der Waals surface area contributed by atoms with Crippen molar-refractivity contribution in [1.29, 1.82) is 0 Å². The summed E-state index contributed by atoms with van der Waals surface area (Å²) in [7, 11) is -3.80. The number of rotatable bonds is 5. The number of sulfonamides is 1. The number of phenols is 1. The fourth-order valence-electron chi connectivity index (χ4n) is 1.83. The molecule has 0 amide bonds. The number of nitrogens with zero attached hydrogens (tertiary/aromatic N) is 2. The topological polar surface area (TPSA) is 84.2 Å². The number of phenolic OH excluding ortho intramolecular Hbond substituents is 1. The summed E-state index contributed by atoms with van der Waals surface area (Å²) in [5, 5.41) is 9.56. The molecule has 2 aromatic rings. The predicted molar refractivity (Wildman–Crippen MR) is 76.2 cm³/mol. The van der Waals surface area contributed by atoms with Crippen LogP contribution in [0.5, 0.6) is 5.75 Å². The molecule has 0 aliphatic heterocycles. The Kier molecular flexibility index (Phi) is 3.99. The second-order valence-electron chi connectivity index (χ2n) is 4.44. The Morgan fingerprint density at radius 1 is 1.35 bits per heavy atom. The van der Waals surface area contributed by atoms with Crippen molar-refractivity contribution in [3.05, 3.63) is 36.3 Å². The van der Waals surface area contributed by atoms with Crippen LogP contribution in [-0.2, 0) is 16.6 Å². The van der Waals surface area contributed by atoms with Crippen molar-refractivity contribution in [2.45, 2.75) is 31.8 Å². The van der Waals surface area contributed by atoms with Gasteiger partial charge < -0.3 is 9.67 Å². The average molecular weight is 295 g/mol. The molecule has 0 saturated carbocycles. The molecule has 6 nitrogen and oxygen atoms in total. The fraction of sp³-hybridized carbons (Fsp3) is 0.308. The lowest BCUT2D eigenvalue weighted by Gasteiger charge is -2.07. The molecule has 0 atom stereocenters. The summed E-state index contributed by atoms with van der Waals surface area (Å²) in [4.78, 5) is 4.06. The third kappa shape index (κ3) is 2.93. The number of aromatic hydroxyl groups is 1. The first-order chi connectivity index (χ1) is 9.44. The molecule has 0 aliphatic carbocycles. The second kappa shape index (κ2) is 5.54. The third-order valence-corrected chi connectivity index (χ3v) is 4.08. The van der Waals surface area contributed by atoms with E-state index >= 15 is 0 Å². The Morgan fingerprint density at radius 2 is 2.05 bits per heavy atom. The van der Waals surface area contributed by atoms with Crippen LogP contribution in [0.4, 0.5) is 5.69 Å². The summed E-state index contributed by atoms with van der Waals surface area (Å²) in [6, 6.07) is 6.16. The van der Waals surface area contributed by atoms with Gasteiger partial charge in [-0.15, -0.1) is 0 Å². The standard InChI is InChI=1S/C13H17N3O3S/c1-3-8-16-9-13(14-10(16)2)20(18,19)15-11-6-4-5-7-12(11)17/h4-7,9,15,17H,3,8H2,1-2H3. The summed E-state index contributed by atoms with van der Waals surface area (Å²) in [5.41, 5.74) is 0.134. The van der Waals surface area contributed by atoms with Gasteiger partial charge in [-0.3, -0.25) is 4.72 Å². The first kappa shape index (κ1) is 14.4. The van der Waals surface area contributed by atoms with Gasteiger partial charge in [-0.25, -0.2) is 4.98 Å². The Labute approximate surface area is 118 Å². The highest BCUT2D eigenvalue weighted by molar-refractivity contribution is 7.92. The first-order valence-corrected chi connectivity index (χ1v) is 7.77. The molecule has 0 bridgehead atoms. The van der Waals surface area contributed by atoms with E-state index in [1.165, 1.54) is 18.3 Å². The Morgan fingerprint density at radius 3 is 2.70 bits per heavy atom. The van der Waals surface area contributed by atoms with E-state index in [1.54, 1.807) is 23.6 Å². The van der Waals surface area contributed by atoms with Crippen LogP contribution in [0.25, 0.3) is 0 Å². The molecule has 0 saturated heterocycles. The molecule has 0 fully saturated rings. The van der Waals surface area contributed by atoms with Gasteiger partial charge >= 0.3 is 0 Å². The molecule has 2 N–H and O–H groups in total. The van der Waals surface area contributed by atoms with Gasteiger partial charge in [0.2, 0.25) is 0 Å². The lowest BCUT2D eigenvalue weighted by Crippen LogP contribution is -2.13. The predicted octanol–water partition coefficient (Wildman–Crippen LogP) is 2.11. The van der Waals surface area contributed by atoms with E-state index < -0.39 is 10.0 Å². The zero-order chi connectivity index (χ0) is 14.8. The molecular weight excluding hydrogens is 278 g/mol. The lowest BCUT2D eigenvalue weighted by atomic mass is 10.3. The van der Waals surface area contributed by atoms with Crippen molar-refractivity contribution in [3.63, 3.8) is 0 Å². The van der Waals surface area contributed by atoms with E-state index in [0.717, 1.165) is 6.42 Å². The number of imidazole rings is 1. The fourth-order valence-corrected chi connectivity index (χ4v) is 2.92. The van der Waals surface area contributed by atoms with Crippen LogP contribution < -0.4 is 4.72 Å². The van der Waals surface area contributed by atoms with E-state index in [1.807, 2.05) is 6.92 Å². The largest absolute Gasteiger partial charge is 0.506 e. The lowest BCUT2D eigenvalue weighted by molar-refractivity contribution is 0.477. The normalized spacial score (nSPS) is 11.5. The summed E-state index contributed by atoms with van der Waals surface area (Å²) in [5.74, 6) is 0.519. The summed E-state index contributed by atoms with van der Waals surface area (Å²) in [6.07, 6.45) is 2.39. The summed E-state index contributed by atoms with van der Waals surface area (Å²) < 4.78 is 28.6. The minimum absolute atomic E-state index is 0.0493. The van der Waals surface area contributed by atoms with Crippen LogP contribution in [0.2, 0.25) is 0 Å². The average Bonchev–Trinajstić information content (AvgIpc) is 2.75. The molecule has 7 heteroatoms. The van der Waals surface area contributed by atoms with Crippen LogP contribution in [0.3, 0.4) is 0 Å². The van der Waals surface area contributed by atoms with Crippen LogP contribution in [0, 0.1) is 6.92 Å². The molecule has 0 unspecified atom stereocenters. The van der Waals surface area contributed by atoms with Crippen molar-refractivity contribution in [2.75, 3.05) is 4.72 Å². The van der Waals surface area contributed by atoms with Gasteiger partial charge in [-0.05, 0) is 25.5 Å². The highest BCUT2D eigenvalue weighted by Crippen LogP contribution is 2.24. The monoisotopic (exact) mass is 295 g/mol. The molecule has 0 aliphatic rings. The van der Waals surface area contributed by atoms with Gasteiger partial charge in [0, 0.05) is 12.7 Å². The van der Waals surface area contributed by atoms with Gasteiger partial charge in [0.05, 0.1) is 5.69 Å². The Bertz CT molecular complexity index is 707. The maximum atomic E-state index is 12.2. The van der Waals surface area contributed by atoms with Gasteiger partial charge in [-0.1, -0.05) is 19.1 Å². The van der Waals surface area contributed by atoms with Crippen molar-refractivity contribution in [1.82, 2.24) is 9.55 Å². The number of hydrogen-bond acceptors (Lipinski definition) is 4. The molecular formula is C13H17N3O3S. The highest BCUT2D eigenvalue weighted by Gasteiger charge is 2.20. The second-order valence-corrected chi connectivity index (χ2v) is 6.07. The van der Waals surface area contributed by atoms with Crippen LogP contribution >= 0.6 is 0 Å². The van der Waals surface area contributed by atoms with Crippen molar-refractivity contribution >= 4 is 15.7 Å². The molecule has 0 spiro atoms. The molecule has 0 radical (unpaired) electrons. The van der Waals surface area contributed by atoms with Crippen LogP contribution in [-0.4, -0.2) is 23.1 Å². The maximum absolute atomic E-state index is 12.2. The molecule has 20 heavy (non-hydrogen) atoms. The molecule has 1 aromatic heterocycles. The third-order valence-electron chi connectivity index (χ3n) is 2.84. The zero-order valence-electron chi connectivity index (χ0n) is 11.4. The number of para-hydroxylation sites is 2. The Balaban J connectivity index is 2.31. The van der Waals surface area contributed by atoms with Gasteiger partial charge in [0.1, 0.15) is 11.6 Å². The first-order valence-electron chi connectivity index (χ1n) is 6.28. The van der Waals surface area contributed by atoms with E-state index in [2.05, 4.69) is 9.71 Å². The van der Waals surface area contributed by atoms with Gasteiger partial charge in [0.25, 0.3) is 10.0 Å². The summed E-state index contributed by atoms with van der Waals surface area (Å²) in [6.45, 7) is 4.48. The van der Waals surface area contributed by atoms with Crippen molar-refractivity contribution in [2.24, 2.45) is 0 Å². The van der Waals surface area contributed by atoms with E-state index in [0.29, 0.717) is 12.4 Å². The minimum atomic E-state index is -3.80. The highest BCUT2D eigenvalue weighted by atomic mass is 32.2. The smallest absolute Gasteiger partial charge is 0.281 e. The van der Waals surface area contributed by atoms with Gasteiger partial charge in [0.15, 0.2) is 5.03 Å². The van der Waals surface area contributed by atoms with Crippen molar-refractivity contribution < 1.29 is 13.5 Å². The van der Waals surface area contributed by atoms with Crippen molar-refractivity contribution in [3.8, 4) is 5.75 Å². The molecule has 2 rings (SSSR count). The molecule has 108 valence electrons. The van der Waals surface area contributed by atoms with Crippen LogP contribution in [0.1, 0.15) is 19.2 Å². The quantitative estimate of drug-likeness (QED) is 0.827. The number of aromatic nitrogens is 2. The zero-order valence-corrected chi connectivity index (χ0v) is 12.2. The number of benzene rings is 1. The molecule has 1 heterocycles. The number of hydrogen-bond donors (Lipinski definition) is 2. The maximum Gasteiger partial charge on any atom is 0.281 e.